The second-order valence-electron chi connectivity index (χ2n) is 23.5. The van der Waals surface area contributed by atoms with Crippen molar-refractivity contribution in [2.75, 3.05) is 40.0 Å². The number of ether oxygens (including phenoxy) is 3. The summed E-state index contributed by atoms with van der Waals surface area (Å²) in [5, 5.41) is 13.4. The van der Waals surface area contributed by atoms with Crippen LogP contribution in [0.1, 0.15) is 146 Å². The highest BCUT2D eigenvalue weighted by molar-refractivity contribution is 5.84. The number of carbonyl (C=O) groups excluding carboxylic acids is 2. The zero-order chi connectivity index (χ0) is 42.4. The second kappa shape index (κ2) is 15.1. The number of esters is 1. The van der Waals surface area contributed by atoms with Crippen LogP contribution in [0.4, 0.5) is 0 Å². The molecular formula is C49H80N2O7. The Kier molecular flexibility index (Phi) is 11.5. The predicted octanol–water partition coefficient (Wildman–Crippen LogP) is 8.93. The van der Waals surface area contributed by atoms with E-state index < -0.39 is 17.3 Å². The van der Waals surface area contributed by atoms with Crippen molar-refractivity contribution < 1.29 is 33.7 Å². The van der Waals surface area contributed by atoms with E-state index in [2.05, 4.69) is 72.2 Å². The Labute approximate surface area is 350 Å². The van der Waals surface area contributed by atoms with Gasteiger partial charge < -0.3 is 24.6 Å². The average Bonchev–Trinajstić information content (AvgIpc) is 3.74. The first-order valence-corrected chi connectivity index (χ1v) is 23.2. The molecule has 0 aromatic heterocycles. The van der Waals surface area contributed by atoms with Gasteiger partial charge in [-0.1, -0.05) is 60.6 Å². The van der Waals surface area contributed by atoms with Crippen LogP contribution in [0.2, 0.25) is 0 Å². The molecule has 1 aliphatic heterocycles. The van der Waals surface area contributed by atoms with Crippen molar-refractivity contribution in [2.45, 2.75) is 164 Å². The van der Waals surface area contributed by atoms with Crippen molar-refractivity contribution in [3.05, 3.63) is 12.2 Å². The third-order valence-corrected chi connectivity index (χ3v) is 19.5. The van der Waals surface area contributed by atoms with Gasteiger partial charge in [-0.2, -0.15) is 0 Å². The van der Waals surface area contributed by atoms with Crippen molar-refractivity contribution in [1.29, 1.82) is 0 Å². The SMILES string of the molecule is C=C(C)C1CC[C@]2(C(=O)NC(C)(C)CN3CC[C@@H](OCCOC)C3)CC[C@]3(C)[C@H](CC[C@@H]4[C@@]5(C)CC[C@H](OC(=O)[C@H]6C[C@@H](C(=O)O)C6(C)C)C(C)(C)[C@@H]5CC[C@]43C)[C@@H]12. The van der Waals surface area contributed by atoms with Gasteiger partial charge in [0.05, 0.1) is 36.6 Å². The molecule has 58 heavy (non-hydrogen) atoms. The molecule has 9 heteroatoms. The van der Waals surface area contributed by atoms with Crippen LogP contribution in [0.25, 0.3) is 0 Å². The molecule has 0 aromatic carbocycles. The zero-order valence-corrected chi connectivity index (χ0v) is 38.3. The van der Waals surface area contributed by atoms with Crippen molar-refractivity contribution in [2.24, 2.45) is 73.9 Å². The minimum atomic E-state index is -0.817. The number of carboxylic acids is 1. The molecule has 7 rings (SSSR count). The quantitative estimate of drug-likeness (QED) is 0.114. The molecule has 1 heterocycles. The fourth-order valence-electron chi connectivity index (χ4n) is 16.1. The third-order valence-electron chi connectivity index (χ3n) is 19.5. The lowest BCUT2D eigenvalue weighted by molar-refractivity contribution is -0.251. The van der Waals surface area contributed by atoms with Crippen LogP contribution in [0.3, 0.4) is 0 Å². The van der Waals surface area contributed by atoms with E-state index in [0.717, 1.165) is 83.8 Å². The molecule has 0 aromatic rings. The summed E-state index contributed by atoms with van der Waals surface area (Å²) in [6, 6.07) is 0. The number of hydrogen-bond acceptors (Lipinski definition) is 7. The molecule has 2 N–H and O–H groups in total. The van der Waals surface area contributed by atoms with E-state index in [9.17, 15) is 14.7 Å². The smallest absolute Gasteiger partial charge is 0.309 e. The number of fused-ring (bicyclic) bond motifs is 7. The van der Waals surface area contributed by atoms with E-state index in [-0.39, 0.29) is 62.6 Å². The summed E-state index contributed by atoms with van der Waals surface area (Å²) in [5.74, 6) is 0.525. The van der Waals surface area contributed by atoms with Gasteiger partial charge >= 0.3 is 11.9 Å². The summed E-state index contributed by atoms with van der Waals surface area (Å²) in [7, 11) is 1.71. The summed E-state index contributed by atoms with van der Waals surface area (Å²) >= 11 is 0. The molecule has 7 fully saturated rings. The Morgan fingerprint density at radius 1 is 0.828 bits per heavy atom. The van der Waals surface area contributed by atoms with Gasteiger partial charge in [-0.3, -0.25) is 19.3 Å². The molecule has 6 saturated carbocycles. The van der Waals surface area contributed by atoms with E-state index in [1.807, 2.05) is 13.8 Å². The van der Waals surface area contributed by atoms with Gasteiger partial charge in [0.2, 0.25) is 5.91 Å². The number of nitrogens with one attached hydrogen (secondary N) is 1. The van der Waals surface area contributed by atoms with Crippen LogP contribution in [0.15, 0.2) is 12.2 Å². The average molecular weight is 809 g/mol. The monoisotopic (exact) mass is 809 g/mol. The Morgan fingerprint density at radius 3 is 2.21 bits per heavy atom. The normalized spacial score (nSPS) is 44.2. The van der Waals surface area contributed by atoms with E-state index >= 15 is 4.79 Å². The van der Waals surface area contributed by atoms with Crippen LogP contribution in [-0.4, -0.2) is 85.6 Å². The van der Waals surface area contributed by atoms with Crippen LogP contribution < -0.4 is 5.32 Å². The number of nitrogens with zero attached hydrogens (tertiary/aromatic N) is 1. The minimum Gasteiger partial charge on any atom is -0.481 e. The highest BCUT2D eigenvalue weighted by atomic mass is 16.5. The maximum absolute atomic E-state index is 15.0. The topological polar surface area (TPSA) is 114 Å². The molecule has 1 amide bonds. The largest absolute Gasteiger partial charge is 0.481 e. The van der Waals surface area contributed by atoms with E-state index in [0.29, 0.717) is 49.2 Å². The molecule has 0 radical (unpaired) electrons. The van der Waals surface area contributed by atoms with Crippen molar-refractivity contribution in [3.8, 4) is 0 Å². The first-order chi connectivity index (χ1) is 27.0. The highest BCUT2D eigenvalue weighted by Gasteiger charge is 2.72. The summed E-state index contributed by atoms with van der Waals surface area (Å²) in [5.41, 5.74) is 0.138. The van der Waals surface area contributed by atoms with Crippen molar-refractivity contribution in [1.82, 2.24) is 10.2 Å². The lowest BCUT2D eigenvalue weighted by Gasteiger charge is -2.73. The molecular weight excluding hydrogens is 729 g/mol. The van der Waals surface area contributed by atoms with Gasteiger partial charge in [0.25, 0.3) is 0 Å². The van der Waals surface area contributed by atoms with Crippen LogP contribution in [0, 0.1) is 73.9 Å². The maximum atomic E-state index is 15.0. The standard InChI is InChI=1S/C49H80N2O7/c1-30(2)32-15-21-49(42(55)50-43(3,4)29-51-24-18-31(28-51)57-26-25-56-12)23-22-47(10)33(39(32)49)13-14-37-46(9)19-17-38(45(7,8)36(46)16-20-48(37,47)11)58-41(54)35-27-34(40(52)53)44(35,5)6/h31-39H,1,13-29H2,2-12H3,(H,50,55)(H,52,53)/t31-,32?,33-,34+,35-,36+,37-,38+,39-,46+,47-,48-,49+/m1/s1. The highest BCUT2D eigenvalue weighted by Crippen LogP contribution is 2.77. The molecule has 0 bridgehead atoms. The number of likely N-dealkylation sites (tertiary alicyclic amines) is 1. The summed E-state index contributed by atoms with van der Waals surface area (Å²) in [6.45, 7) is 31.5. The number of hydrogen-bond donors (Lipinski definition) is 2. The number of carbonyl (C=O) groups is 3. The second-order valence-corrected chi connectivity index (χ2v) is 23.5. The summed E-state index contributed by atoms with van der Waals surface area (Å²) in [6.07, 6.45) is 12.0. The fourth-order valence-corrected chi connectivity index (χ4v) is 16.1. The zero-order valence-electron chi connectivity index (χ0n) is 38.3. The Balaban J connectivity index is 1.07. The lowest BCUT2D eigenvalue weighted by atomic mass is 9.32. The van der Waals surface area contributed by atoms with Gasteiger partial charge in [-0.05, 0) is 149 Å². The molecule has 328 valence electrons. The Morgan fingerprint density at radius 2 is 1.55 bits per heavy atom. The first-order valence-electron chi connectivity index (χ1n) is 23.2. The van der Waals surface area contributed by atoms with Gasteiger partial charge in [0.1, 0.15) is 6.10 Å². The predicted molar refractivity (Wildman–Crippen MR) is 227 cm³/mol. The molecule has 1 saturated heterocycles. The van der Waals surface area contributed by atoms with E-state index in [1.54, 1.807) is 7.11 Å². The molecule has 13 atom stereocenters. The Hall–Kier alpha value is -1.97. The first kappa shape index (κ1) is 44.1. The lowest BCUT2D eigenvalue weighted by Crippen LogP contribution is -2.68. The van der Waals surface area contributed by atoms with E-state index in [4.69, 9.17) is 14.2 Å². The number of methoxy groups -OCH3 is 1. The molecule has 6 aliphatic carbocycles. The van der Waals surface area contributed by atoms with E-state index in [1.165, 1.54) is 12.0 Å². The number of rotatable bonds is 12. The molecule has 1 unspecified atom stereocenters. The number of allylic oxidation sites excluding steroid dienone is 1. The van der Waals surface area contributed by atoms with Crippen LogP contribution >= 0.6 is 0 Å². The van der Waals surface area contributed by atoms with Gasteiger partial charge in [-0.15, -0.1) is 0 Å². The third kappa shape index (κ3) is 6.84. The van der Waals surface area contributed by atoms with Gasteiger partial charge in [0.15, 0.2) is 0 Å². The van der Waals surface area contributed by atoms with Crippen LogP contribution in [-0.2, 0) is 28.6 Å². The van der Waals surface area contributed by atoms with Crippen molar-refractivity contribution in [3.63, 3.8) is 0 Å². The van der Waals surface area contributed by atoms with Crippen molar-refractivity contribution >= 4 is 17.8 Å². The molecule has 9 nitrogen and oxygen atoms in total. The number of carboxylic acid groups (broad SMARTS) is 1. The summed E-state index contributed by atoms with van der Waals surface area (Å²) < 4.78 is 17.7. The summed E-state index contributed by atoms with van der Waals surface area (Å²) in [4.78, 5) is 43.0. The van der Waals surface area contributed by atoms with Gasteiger partial charge in [-0.25, -0.2) is 0 Å². The molecule has 0 spiro atoms. The minimum absolute atomic E-state index is 0.114. The number of aliphatic carboxylic acids is 1. The fraction of sp³-hybridized carbons (Fsp3) is 0.898. The maximum Gasteiger partial charge on any atom is 0.309 e. The van der Waals surface area contributed by atoms with Crippen LogP contribution in [0.5, 0.6) is 0 Å². The Bertz CT molecular complexity index is 1620. The van der Waals surface area contributed by atoms with Gasteiger partial charge in [0, 0.05) is 37.7 Å². The number of amides is 1. The molecule has 7 aliphatic rings.